The number of hydrogen-bond donors (Lipinski definition) is 2. The molecule has 1 unspecified atom stereocenters. The Bertz CT molecular complexity index is 311. The van der Waals surface area contributed by atoms with Gasteiger partial charge in [-0.05, 0) is 32.1 Å². The molecule has 5 heteroatoms. The molecule has 1 aliphatic carbocycles. The predicted molar refractivity (Wildman–Crippen MR) is 71.9 cm³/mol. The molecule has 0 radical (unpaired) electrons. The van der Waals surface area contributed by atoms with Crippen LogP contribution in [-0.2, 0) is 14.3 Å². The summed E-state index contributed by atoms with van der Waals surface area (Å²) in [7, 11) is 0. The SMILES string of the molecule is CCOC(C)CNC(=O)CC1(CC(=O)O)CCCC1. The van der Waals surface area contributed by atoms with E-state index in [1.807, 2.05) is 13.8 Å². The molecular weight excluding hydrogens is 246 g/mol. The molecule has 110 valence electrons. The fraction of sp³-hybridized carbons (Fsp3) is 0.857. The van der Waals surface area contributed by atoms with Crippen LogP contribution in [0.2, 0.25) is 0 Å². The van der Waals surface area contributed by atoms with E-state index < -0.39 is 5.97 Å². The number of carbonyl (C=O) groups is 2. The molecular formula is C14H25NO4. The maximum absolute atomic E-state index is 11.9. The summed E-state index contributed by atoms with van der Waals surface area (Å²) in [5.74, 6) is -0.868. The van der Waals surface area contributed by atoms with Crippen LogP contribution >= 0.6 is 0 Å². The highest BCUT2D eigenvalue weighted by molar-refractivity contribution is 5.78. The predicted octanol–water partition coefficient (Wildman–Crippen LogP) is 1.95. The Morgan fingerprint density at radius 3 is 2.47 bits per heavy atom. The second-order valence-corrected chi connectivity index (χ2v) is 5.52. The zero-order chi connectivity index (χ0) is 14.3. The number of amides is 1. The van der Waals surface area contributed by atoms with Gasteiger partial charge in [0.25, 0.3) is 0 Å². The molecule has 19 heavy (non-hydrogen) atoms. The molecule has 1 rings (SSSR count). The molecule has 1 aliphatic rings. The Labute approximate surface area is 114 Å². The number of rotatable bonds is 8. The van der Waals surface area contributed by atoms with Crippen LogP contribution in [0.4, 0.5) is 0 Å². The first-order chi connectivity index (χ1) is 8.97. The Kier molecular flexibility index (Phi) is 6.28. The Balaban J connectivity index is 2.41. The van der Waals surface area contributed by atoms with Crippen molar-refractivity contribution in [2.24, 2.45) is 5.41 Å². The van der Waals surface area contributed by atoms with E-state index in [2.05, 4.69) is 5.32 Å². The van der Waals surface area contributed by atoms with E-state index in [1.54, 1.807) is 0 Å². The normalized spacial score (nSPS) is 19.1. The second-order valence-electron chi connectivity index (χ2n) is 5.52. The van der Waals surface area contributed by atoms with Gasteiger partial charge in [-0.25, -0.2) is 0 Å². The van der Waals surface area contributed by atoms with Gasteiger partial charge >= 0.3 is 5.97 Å². The van der Waals surface area contributed by atoms with Gasteiger partial charge in [-0.1, -0.05) is 12.8 Å². The van der Waals surface area contributed by atoms with Crippen LogP contribution < -0.4 is 5.32 Å². The average Bonchev–Trinajstić information content (AvgIpc) is 2.74. The van der Waals surface area contributed by atoms with E-state index in [-0.39, 0.29) is 23.8 Å². The van der Waals surface area contributed by atoms with E-state index >= 15 is 0 Å². The molecule has 2 N–H and O–H groups in total. The van der Waals surface area contributed by atoms with E-state index in [4.69, 9.17) is 9.84 Å². The first-order valence-electron chi connectivity index (χ1n) is 7.07. The topological polar surface area (TPSA) is 75.6 Å². The van der Waals surface area contributed by atoms with Crippen LogP contribution in [0.25, 0.3) is 0 Å². The number of nitrogens with one attached hydrogen (secondary N) is 1. The molecule has 1 atom stereocenters. The maximum Gasteiger partial charge on any atom is 0.303 e. The maximum atomic E-state index is 11.9. The van der Waals surface area contributed by atoms with Crippen LogP contribution in [0.15, 0.2) is 0 Å². The van der Waals surface area contributed by atoms with Crippen molar-refractivity contribution >= 4 is 11.9 Å². The van der Waals surface area contributed by atoms with Crippen molar-refractivity contribution in [3.05, 3.63) is 0 Å². The largest absolute Gasteiger partial charge is 0.481 e. The van der Waals surface area contributed by atoms with Gasteiger partial charge in [0.2, 0.25) is 5.91 Å². The molecule has 0 aromatic rings. The summed E-state index contributed by atoms with van der Waals surface area (Å²) in [5.41, 5.74) is -0.329. The van der Waals surface area contributed by atoms with Crippen molar-refractivity contribution < 1.29 is 19.4 Å². The van der Waals surface area contributed by atoms with Crippen molar-refractivity contribution in [3.8, 4) is 0 Å². The summed E-state index contributed by atoms with van der Waals surface area (Å²) in [5, 5.41) is 11.8. The van der Waals surface area contributed by atoms with Gasteiger partial charge in [-0.15, -0.1) is 0 Å². The van der Waals surface area contributed by atoms with Gasteiger partial charge < -0.3 is 15.2 Å². The lowest BCUT2D eigenvalue weighted by atomic mass is 9.79. The summed E-state index contributed by atoms with van der Waals surface area (Å²) in [6.07, 6.45) is 4.14. The molecule has 0 bridgehead atoms. The summed E-state index contributed by atoms with van der Waals surface area (Å²) in [6.45, 7) is 4.93. The fourth-order valence-electron chi connectivity index (χ4n) is 2.87. The first-order valence-corrected chi connectivity index (χ1v) is 7.07. The monoisotopic (exact) mass is 271 g/mol. The molecule has 0 heterocycles. The highest BCUT2D eigenvalue weighted by Gasteiger charge is 2.37. The van der Waals surface area contributed by atoms with Crippen molar-refractivity contribution in [1.29, 1.82) is 0 Å². The molecule has 5 nitrogen and oxygen atoms in total. The summed E-state index contributed by atoms with van der Waals surface area (Å²) >= 11 is 0. The number of carboxylic acids is 1. The minimum atomic E-state index is -0.808. The van der Waals surface area contributed by atoms with Gasteiger partial charge in [-0.2, -0.15) is 0 Å². The van der Waals surface area contributed by atoms with E-state index in [9.17, 15) is 9.59 Å². The first kappa shape index (κ1) is 16.0. The third-order valence-electron chi connectivity index (χ3n) is 3.76. The van der Waals surface area contributed by atoms with Crippen LogP contribution in [0, 0.1) is 5.41 Å². The summed E-state index contributed by atoms with van der Waals surface area (Å²) in [4.78, 5) is 22.9. The number of aliphatic carboxylic acids is 1. The summed E-state index contributed by atoms with van der Waals surface area (Å²) in [6, 6.07) is 0. The number of carboxylic acid groups (broad SMARTS) is 1. The highest BCUT2D eigenvalue weighted by Crippen LogP contribution is 2.43. The molecule has 1 saturated carbocycles. The van der Waals surface area contributed by atoms with Gasteiger partial charge in [-0.3, -0.25) is 9.59 Å². The number of hydrogen-bond acceptors (Lipinski definition) is 3. The zero-order valence-electron chi connectivity index (χ0n) is 11.9. The zero-order valence-corrected chi connectivity index (χ0v) is 11.9. The van der Waals surface area contributed by atoms with Crippen molar-refractivity contribution in [2.75, 3.05) is 13.2 Å². The minimum absolute atomic E-state index is 0.00653. The highest BCUT2D eigenvalue weighted by atomic mass is 16.5. The third kappa shape index (κ3) is 5.59. The number of carbonyl (C=O) groups excluding carboxylic acids is 1. The smallest absolute Gasteiger partial charge is 0.303 e. The molecule has 1 amide bonds. The van der Waals surface area contributed by atoms with Crippen LogP contribution in [0.5, 0.6) is 0 Å². The Morgan fingerprint density at radius 1 is 1.32 bits per heavy atom. The number of ether oxygens (including phenoxy) is 1. The molecule has 1 fully saturated rings. The van der Waals surface area contributed by atoms with E-state index in [1.165, 1.54) is 0 Å². The molecule has 0 aromatic heterocycles. The van der Waals surface area contributed by atoms with Gasteiger partial charge in [0.05, 0.1) is 12.5 Å². The van der Waals surface area contributed by atoms with Gasteiger partial charge in [0.1, 0.15) is 0 Å². The molecule has 0 aromatic carbocycles. The van der Waals surface area contributed by atoms with Gasteiger partial charge in [0.15, 0.2) is 0 Å². The lowest BCUT2D eigenvalue weighted by Gasteiger charge is -2.26. The Hall–Kier alpha value is -1.10. The quantitative estimate of drug-likeness (QED) is 0.707. The Morgan fingerprint density at radius 2 is 1.95 bits per heavy atom. The van der Waals surface area contributed by atoms with Crippen LogP contribution in [-0.4, -0.2) is 36.2 Å². The van der Waals surface area contributed by atoms with Crippen LogP contribution in [0.3, 0.4) is 0 Å². The fourth-order valence-corrected chi connectivity index (χ4v) is 2.87. The van der Waals surface area contributed by atoms with Crippen molar-refractivity contribution in [2.45, 2.75) is 58.5 Å². The van der Waals surface area contributed by atoms with E-state index in [0.717, 1.165) is 25.7 Å². The standard InChI is InChI=1S/C14H25NO4/c1-3-19-11(2)10-15-12(16)8-14(9-13(17)18)6-4-5-7-14/h11H,3-10H2,1-2H3,(H,15,16)(H,17,18). The molecule has 0 saturated heterocycles. The van der Waals surface area contributed by atoms with Gasteiger partial charge in [0, 0.05) is 19.6 Å². The average molecular weight is 271 g/mol. The summed E-state index contributed by atoms with van der Waals surface area (Å²) < 4.78 is 5.34. The van der Waals surface area contributed by atoms with Crippen LogP contribution in [0.1, 0.15) is 52.4 Å². The minimum Gasteiger partial charge on any atom is -0.481 e. The molecule has 0 spiro atoms. The van der Waals surface area contributed by atoms with Crippen molar-refractivity contribution in [1.82, 2.24) is 5.32 Å². The lowest BCUT2D eigenvalue weighted by Crippen LogP contribution is -2.36. The van der Waals surface area contributed by atoms with E-state index in [0.29, 0.717) is 19.6 Å². The van der Waals surface area contributed by atoms with Crippen molar-refractivity contribution in [3.63, 3.8) is 0 Å². The second kappa shape index (κ2) is 7.48. The molecule has 0 aliphatic heterocycles. The lowest BCUT2D eigenvalue weighted by molar-refractivity contribution is -0.140. The third-order valence-corrected chi connectivity index (χ3v) is 3.76.